The summed E-state index contributed by atoms with van der Waals surface area (Å²) in [5.74, 6) is 1.43. The molecule has 0 radical (unpaired) electrons. The van der Waals surface area contributed by atoms with Crippen LogP contribution in [0.3, 0.4) is 0 Å². The minimum Gasteiger partial charge on any atom is -0.483 e. The molecule has 0 aliphatic carbocycles. The monoisotopic (exact) mass is 443 g/mol. The number of rotatable bonds is 9. The molecule has 7 nitrogen and oxygen atoms in total. The fourth-order valence-electron chi connectivity index (χ4n) is 3.25. The SMILES string of the molecule is C=C(Nc1ccc2oc(-c3ccc(NC(=O)COc4ccccc4C)cc3)nc2c1)OCC. The van der Waals surface area contributed by atoms with Crippen molar-refractivity contribution >= 4 is 28.4 Å². The summed E-state index contributed by atoms with van der Waals surface area (Å²) in [7, 11) is 0. The number of aromatic nitrogens is 1. The lowest BCUT2D eigenvalue weighted by Crippen LogP contribution is -2.20. The molecule has 0 aliphatic rings. The Morgan fingerprint density at radius 3 is 2.55 bits per heavy atom. The molecule has 2 N–H and O–H groups in total. The van der Waals surface area contributed by atoms with E-state index >= 15 is 0 Å². The first-order valence-electron chi connectivity index (χ1n) is 10.6. The van der Waals surface area contributed by atoms with E-state index < -0.39 is 0 Å². The molecule has 4 rings (SSSR count). The fourth-order valence-corrected chi connectivity index (χ4v) is 3.25. The van der Waals surface area contributed by atoms with Gasteiger partial charge in [-0.3, -0.25) is 4.79 Å². The number of anilines is 2. The van der Waals surface area contributed by atoms with Gasteiger partial charge in [-0.05, 0) is 74.5 Å². The van der Waals surface area contributed by atoms with E-state index in [9.17, 15) is 4.79 Å². The van der Waals surface area contributed by atoms with Crippen LogP contribution in [-0.2, 0) is 9.53 Å². The quantitative estimate of drug-likeness (QED) is 0.321. The molecule has 1 aromatic heterocycles. The Kier molecular flexibility index (Phi) is 6.59. The zero-order valence-electron chi connectivity index (χ0n) is 18.6. The van der Waals surface area contributed by atoms with Crippen molar-refractivity contribution in [3.63, 3.8) is 0 Å². The largest absolute Gasteiger partial charge is 0.483 e. The summed E-state index contributed by atoms with van der Waals surface area (Å²) in [6, 6.07) is 20.5. The first-order chi connectivity index (χ1) is 16.0. The molecule has 0 bridgehead atoms. The highest BCUT2D eigenvalue weighted by atomic mass is 16.5. The molecule has 0 saturated carbocycles. The molecule has 7 heteroatoms. The van der Waals surface area contributed by atoms with Gasteiger partial charge in [0.1, 0.15) is 11.3 Å². The molecule has 3 aromatic carbocycles. The molecule has 0 fully saturated rings. The van der Waals surface area contributed by atoms with Gasteiger partial charge in [-0.25, -0.2) is 4.98 Å². The lowest BCUT2D eigenvalue weighted by atomic mass is 10.2. The maximum Gasteiger partial charge on any atom is 0.262 e. The number of ether oxygens (including phenoxy) is 2. The summed E-state index contributed by atoms with van der Waals surface area (Å²) in [5, 5.41) is 5.91. The summed E-state index contributed by atoms with van der Waals surface area (Å²) in [6.07, 6.45) is 0. The van der Waals surface area contributed by atoms with Crippen LogP contribution in [0.25, 0.3) is 22.6 Å². The standard InChI is InChI=1S/C26H25N3O4/c1-4-31-18(3)27-21-13-14-24-22(15-21)29-26(33-24)19-9-11-20(12-10-19)28-25(30)16-32-23-8-6-5-7-17(23)2/h5-15,27H,3-4,16H2,1-2H3,(H,28,30). The normalized spacial score (nSPS) is 10.6. The summed E-state index contributed by atoms with van der Waals surface area (Å²) in [6.45, 7) is 8.13. The van der Waals surface area contributed by atoms with Crippen LogP contribution in [0.15, 0.2) is 83.6 Å². The second-order valence-electron chi connectivity index (χ2n) is 7.36. The van der Waals surface area contributed by atoms with Crippen LogP contribution in [0.2, 0.25) is 0 Å². The molecule has 0 unspecified atom stereocenters. The maximum atomic E-state index is 12.2. The first kappa shape index (κ1) is 22.0. The van der Waals surface area contributed by atoms with E-state index in [2.05, 4.69) is 22.2 Å². The Hall–Kier alpha value is -4.26. The molecular weight excluding hydrogens is 418 g/mol. The van der Waals surface area contributed by atoms with Crippen molar-refractivity contribution in [1.29, 1.82) is 0 Å². The number of fused-ring (bicyclic) bond motifs is 1. The molecular formula is C26H25N3O4. The van der Waals surface area contributed by atoms with Crippen LogP contribution in [0.1, 0.15) is 12.5 Å². The van der Waals surface area contributed by atoms with Gasteiger partial charge in [0, 0.05) is 16.9 Å². The number of oxazole rings is 1. The van der Waals surface area contributed by atoms with Gasteiger partial charge in [-0.1, -0.05) is 18.2 Å². The third-order valence-corrected chi connectivity index (χ3v) is 4.86. The molecule has 33 heavy (non-hydrogen) atoms. The second-order valence-corrected chi connectivity index (χ2v) is 7.36. The minimum absolute atomic E-state index is 0.0657. The van der Waals surface area contributed by atoms with E-state index in [1.165, 1.54) is 0 Å². The van der Waals surface area contributed by atoms with Crippen molar-refractivity contribution in [2.45, 2.75) is 13.8 Å². The Balaban J connectivity index is 1.39. The Labute approximate surface area is 192 Å². The lowest BCUT2D eigenvalue weighted by Gasteiger charge is -2.09. The highest BCUT2D eigenvalue weighted by molar-refractivity contribution is 5.92. The van der Waals surface area contributed by atoms with Gasteiger partial charge in [-0.15, -0.1) is 0 Å². The lowest BCUT2D eigenvalue weighted by molar-refractivity contribution is -0.118. The first-order valence-corrected chi connectivity index (χ1v) is 10.6. The second kappa shape index (κ2) is 9.91. The topological polar surface area (TPSA) is 85.6 Å². The van der Waals surface area contributed by atoms with Crippen LogP contribution in [0.4, 0.5) is 11.4 Å². The van der Waals surface area contributed by atoms with Crippen molar-refractivity contribution in [3.8, 4) is 17.2 Å². The number of hydrogen-bond acceptors (Lipinski definition) is 6. The molecule has 0 spiro atoms. The smallest absolute Gasteiger partial charge is 0.262 e. The molecule has 4 aromatic rings. The van der Waals surface area contributed by atoms with Gasteiger partial charge in [0.25, 0.3) is 5.91 Å². The number of para-hydroxylation sites is 1. The molecule has 0 atom stereocenters. The summed E-state index contributed by atoms with van der Waals surface area (Å²) < 4.78 is 16.8. The van der Waals surface area contributed by atoms with E-state index in [1.54, 1.807) is 12.1 Å². The zero-order chi connectivity index (χ0) is 23.2. The Morgan fingerprint density at radius 2 is 1.79 bits per heavy atom. The predicted molar refractivity (Wildman–Crippen MR) is 129 cm³/mol. The Morgan fingerprint density at radius 1 is 1.03 bits per heavy atom. The number of nitrogens with one attached hydrogen (secondary N) is 2. The van der Waals surface area contributed by atoms with Gasteiger partial charge < -0.3 is 24.5 Å². The fraction of sp³-hybridized carbons (Fsp3) is 0.154. The summed E-state index contributed by atoms with van der Waals surface area (Å²) in [5.41, 5.74) is 4.64. The third kappa shape index (κ3) is 5.51. The number of aryl methyl sites for hydroxylation is 1. The van der Waals surface area contributed by atoms with Crippen molar-refractivity contribution < 1.29 is 18.7 Å². The van der Waals surface area contributed by atoms with E-state index in [0.717, 1.165) is 16.8 Å². The van der Waals surface area contributed by atoms with Crippen LogP contribution in [0.5, 0.6) is 5.75 Å². The predicted octanol–water partition coefficient (Wildman–Crippen LogP) is 5.74. The number of carbonyl (C=O) groups excluding carboxylic acids is 1. The number of hydrogen-bond donors (Lipinski definition) is 2. The third-order valence-electron chi connectivity index (χ3n) is 4.86. The Bertz CT molecular complexity index is 1280. The van der Waals surface area contributed by atoms with E-state index in [1.807, 2.05) is 68.4 Å². The number of nitrogens with zero attached hydrogens (tertiary/aromatic N) is 1. The van der Waals surface area contributed by atoms with Gasteiger partial charge in [-0.2, -0.15) is 0 Å². The van der Waals surface area contributed by atoms with Gasteiger partial charge in [0.15, 0.2) is 18.1 Å². The van der Waals surface area contributed by atoms with Crippen molar-refractivity contribution in [2.75, 3.05) is 23.8 Å². The molecule has 0 saturated heterocycles. The molecule has 1 amide bonds. The highest BCUT2D eigenvalue weighted by Gasteiger charge is 2.11. The molecule has 168 valence electrons. The van der Waals surface area contributed by atoms with Gasteiger partial charge in [0.2, 0.25) is 5.89 Å². The summed E-state index contributed by atoms with van der Waals surface area (Å²) >= 11 is 0. The van der Waals surface area contributed by atoms with Gasteiger partial charge in [0.05, 0.1) is 6.61 Å². The van der Waals surface area contributed by atoms with Crippen LogP contribution < -0.4 is 15.4 Å². The molecule has 0 aliphatic heterocycles. The van der Waals surface area contributed by atoms with Crippen LogP contribution in [-0.4, -0.2) is 24.1 Å². The number of benzene rings is 3. The average molecular weight is 444 g/mol. The van der Waals surface area contributed by atoms with Crippen molar-refractivity contribution in [3.05, 3.63) is 84.8 Å². The summed E-state index contributed by atoms with van der Waals surface area (Å²) in [4.78, 5) is 16.8. The van der Waals surface area contributed by atoms with E-state index in [4.69, 9.17) is 13.9 Å². The van der Waals surface area contributed by atoms with E-state index in [0.29, 0.717) is 40.9 Å². The molecule has 1 heterocycles. The average Bonchev–Trinajstić information content (AvgIpc) is 3.22. The zero-order valence-corrected chi connectivity index (χ0v) is 18.6. The van der Waals surface area contributed by atoms with Crippen LogP contribution >= 0.6 is 0 Å². The maximum absolute atomic E-state index is 12.2. The van der Waals surface area contributed by atoms with Crippen molar-refractivity contribution in [1.82, 2.24) is 4.98 Å². The van der Waals surface area contributed by atoms with E-state index in [-0.39, 0.29) is 12.5 Å². The van der Waals surface area contributed by atoms with Crippen molar-refractivity contribution in [2.24, 2.45) is 0 Å². The minimum atomic E-state index is -0.235. The van der Waals surface area contributed by atoms with Crippen LogP contribution in [0, 0.1) is 6.92 Å². The van der Waals surface area contributed by atoms with Gasteiger partial charge >= 0.3 is 0 Å². The number of carbonyl (C=O) groups is 1. The number of amides is 1. The highest BCUT2D eigenvalue weighted by Crippen LogP contribution is 2.27.